The summed E-state index contributed by atoms with van der Waals surface area (Å²) in [6, 6.07) is 16.3. The van der Waals surface area contributed by atoms with Gasteiger partial charge in [-0.3, -0.25) is 0 Å². The van der Waals surface area contributed by atoms with Crippen LogP contribution in [0.3, 0.4) is 0 Å². The highest BCUT2D eigenvalue weighted by Gasteiger charge is 2.07. The average Bonchev–Trinajstić information content (AvgIpc) is 2.47. The van der Waals surface area contributed by atoms with Crippen LogP contribution >= 0.6 is 0 Å². The lowest BCUT2D eigenvalue weighted by molar-refractivity contribution is 0.867. The van der Waals surface area contributed by atoms with Crippen LogP contribution in [-0.4, -0.2) is 0 Å². The fourth-order valence-corrected chi connectivity index (χ4v) is 2.14. The molecule has 0 N–H and O–H groups in total. The lowest BCUT2D eigenvalue weighted by Crippen LogP contribution is -1.89. The van der Waals surface area contributed by atoms with Gasteiger partial charge in [0.1, 0.15) is 0 Å². The molecule has 0 aromatic heterocycles. The summed E-state index contributed by atoms with van der Waals surface area (Å²) in [7, 11) is 0. The molecular weight excluding hydrogens is 246 g/mol. The molecule has 0 bridgehead atoms. The lowest BCUT2D eigenvalue weighted by Gasteiger charge is -2.11. The van der Waals surface area contributed by atoms with Crippen LogP contribution in [0.25, 0.3) is 27.3 Å². The van der Waals surface area contributed by atoms with E-state index in [1.807, 2.05) is 24.3 Å². The van der Waals surface area contributed by atoms with Crippen molar-refractivity contribution in [3.8, 4) is 11.1 Å². The third-order valence-electron chi connectivity index (χ3n) is 3.29. The van der Waals surface area contributed by atoms with E-state index in [1.54, 1.807) is 0 Å². The highest BCUT2D eigenvalue weighted by Crippen LogP contribution is 2.29. The molecule has 0 saturated carbocycles. The van der Waals surface area contributed by atoms with Gasteiger partial charge in [-0.2, -0.15) is 0 Å². The zero-order valence-corrected chi connectivity index (χ0v) is 11.7. The van der Waals surface area contributed by atoms with E-state index in [-0.39, 0.29) is 0 Å². The van der Waals surface area contributed by atoms with Gasteiger partial charge < -0.3 is 0 Å². The molecule has 0 aliphatic heterocycles. The Labute approximate surface area is 119 Å². The monoisotopic (exact) mass is 263 g/mol. The maximum atomic E-state index is 8.55. The highest BCUT2D eigenvalue weighted by molar-refractivity contribution is 5.80. The molecule has 0 radical (unpaired) electrons. The number of rotatable bonds is 4. The van der Waals surface area contributed by atoms with E-state index in [2.05, 4.69) is 54.7 Å². The van der Waals surface area contributed by atoms with Crippen molar-refractivity contribution in [3.05, 3.63) is 76.7 Å². The van der Waals surface area contributed by atoms with E-state index in [0.717, 1.165) is 16.7 Å². The van der Waals surface area contributed by atoms with Crippen LogP contribution in [0.4, 0.5) is 0 Å². The molecule has 0 unspecified atom stereocenters. The van der Waals surface area contributed by atoms with Crippen molar-refractivity contribution in [2.24, 2.45) is 5.11 Å². The molecule has 0 fully saturated rings. The van der Waals surface area contributed by atoms with E-state index in [0.29, 0.717) is 11.6 Å². The summed E-state index contributed by atoms with van der Waals surface area (Å²) >= 11 is 0. The Morgan fingerprint density at radius 3 is 2.35 bits per heavy atom. The predicted octanol–water partition coefficient (Wildman–Crippen LogP) is 5.76. The fraction of sp³-hybridized carbons (Fsp3) is 0.176. The van der Waals surface area contributed by atoms with Gasteiger partial charge in [-0.25, -0.2) is 0 Å². The first-order valence-electron chi connectivity index (χ1n) is 6.57. The molecule has 0 aliphatic rings. The Morgan fingerprint density at radius 1 is 1.10 bits per heavy atom. The van der Waals surface area contributed by atoms with Crippen LogP contribution in [0.15, 0.2) is 60.2 Å². The summed E-state index contributed by atoms with van der Waals surface area (Å²) < 4.78 is 0. The fourth-order valence-electron chi connectivity index (χ4n) is 2.14. The zero-order chi connectivity index (χ0) is 14.5. The second-order valence-corrected chi connectivity index (χ2v) is 4.96. The number of hydrogen-bond acceptors (Lipinski definition) is 1. The quantitative estimate of drug-likeness (QED) is 0.382. The molecule has 0 heterocycles. The molecule has 0 saturated heterocycles. The van der Waals surface area contributed by atoms with Crippen molar-refractivity contribution in [2.45, 2.75) is 19.8 Å². The van der Waals surface area contributed by atoms with E-state index >= 15 is 0 Å². The van der Waals surface area contributed by atoms with E-state index in [4.69, 9.17) is 5.53 Å². The number of azide groups is 1. The van der Waals surface area contributed by atoms with Crippen LogP contribution in [0.2, 0.25) is 0 Å². The van der Waals surface area contributed by atoms with Crippen molar-refractivity contribution in [1.29, 1.82) is 0 Å². The second-order valence-electron chi connectivity index (χ2n) is 4.96. The van der Waals surface area contributed by atoms with Gasteiger partial charge >= 0.3 is 0 Å². The Kier molecular flexibility index (Phi) is 4.24. The Morgan fingerprint density at radius 2 is 1.75 bits per heavy atom. The van der Waals surface area contributed by atoms with Crippen LogP contribution in [0.5, 0.6) is 0 Å². The number of hydrogen-bond donors (Lipinski definition) is 0. The average molecular weight is 263 g/mol. The standard InChI is InChI=1S/C17H17N3/c1-12(2)14-8-10-15(11-9-14)17-7-5-4-6-16(17)13(3)19-20-18/h4-12H,3H2,1-2H3. The van der Waals surface area contributed by atoms with Crippen molar-refractivity contribution < 1.29 is 0 Å². The first-order chi connectivity index (χ1) is 9.63. The van der Waals surface area contributed by atoms with Crippen LogP contribution < -0.4 is 0 Å². The molecule has 2 rings (SSSR count). The molecule has 0 atom stereocenters. The maximum absolute atomic E-state index is 8.55. The minimum absolute atomic E-state index is 0.441. The molecule has 0 spiro atoms. The molecule has 2 aromatic rings. The molecule has 3 heteroatoms. The first-order valence-corrected chi connectivity index (χ1v) is 6.57. The molecule has 20 heavy (non-hydrogen) atoms. The van der Waals surface area contributed by atoms with Gasteiger partial charge in [0.25, 0.3) is 0 Å². The second kappa shape index (κ2) is 6.09. The topological polar surface area (TPSA) is 48.8 Å². The third-order valence-corrected chi connectivity index (χ3v) is 3.29. The number of benzene rings is 2. The smallest absolute Gasteiger partial charge is 0.0382 e. The van der Waals surface area contributed by atoms with Gasteiger partial charge in [-0.15, -0.1) is 0 Å². The van der Waals surface area contributed by atoms with Crippen LogP contribution in [-0.2, 0) is 0 Å². The van der Waals surface area contributed by atoms with Crippen molar-refractivity contribution in [2.75, 3.05) is 0 Å². The molecule has 0 amide bonds. The van der Waals surface area contributed by atoms with Gasteiger partial charge in [0.15, 0.2) is 0 Å². The van der Waals surface area contributed by atoms with Crippen molar-refractivity contribution >= 4 is 5.70 Å². The van der Waals surface area contributed by atoms with Gasteiger partial charge in [0.05, 0.1) is 0 Å². The highest BCUT2D eigenvalue weighted by atomic mass is 15.1. The summed E-state index contributed by atoms with van der Waals surface area (Å²) in [6.07, 6.45) is 0. The van der Waals surface area contributed by atoms with Gasteiger partial charge in [-0.1, -0.05) is 74.1 Å². The van der Waals surface area contributed by atoms with E-state index in [1.165, 1.54) is 5.56 Å². The van der Waals surface area contributed by atoms with E-state index in [9.17, 15) is 0 Å². The Bertz CT molecular complexity index is 663. The molecular formula is C17H17N3. The van der Waals surface area contributed by atoms with E-state index < -0.39 is 0 Å². The largest absolute Gasteiger partial charge is 0.0889 e. The van der Waals surface area contributed by atoms with Crippen LogP contribution in [0.1, 0.15) is 30.9 Å². The zero-order valence-electron chi connectivity index (χ0n) is 11.7. The maximum Gasteiger partial charge on any atom is 0.0382 e. The summed E-state index contributed by atoms with van der Waals surface area (Å²) in [5, 5.41) is 3.61. The predicted molar refractivity (Wildman–Crippen MR) is 84.1 cm³/mol. The molecule has 100 valence electrons. The summed E-state index contributed by atoms with van der Waals surface area (Å²) in [5.74, 6) is 0.512. The number of nitrogens with zero attached hydrogens (tertiary/aromatic N) is 3. The minimum Gasteiger partial charge on any atom is -0.0889 e. The summed E-state index contributed by atoms with van der Waals surface area (Å²) in [5.41, 5.74) is 13.3. The normalized spacial score (nSPS) is 10.2. The van der Waals surface area contributed by atoms with Crippen molar-refractivity contribution in [1.82, 2.24) is 0 Å². The third kappa shape index (κ3) is 2.90. The van der Waals surface area contributed by atoms with Gasteiger partial charge in [-0.05, 0) is 33.7 Å². The van der Waals surface area contributed by atoms with Gasteiger partial charge in [0.2, 0.25) is 0 Å². The lowest BCUT2D eigenvalue weighted by atomic mass is 9.95. The van der Waals surface area contributed by atoms with Crippen LogP contribution in [0, 0.1) is 0 Å². The van der Waals surface area contributed by atoms with Crippen molar-refractivity contribution in [3.63, 3.8) is 0 Å². The molecule has 3 nitrogen and oxygen atoms in total. The summed E-state index contributed by atoms with van der Waals surface area (Å²) in [6.45, 7) is 8.17. The Balaban J connectivity index is 2.47. The first kappa shape index (κ1) is 13.9. The molecule has 0 aliphatic carbocycles. The SMILES string of the molecule is C=C(N=[N+]=[N-])c1ccccc1-c1ccc(C(C)C)cc1. The minimum atomic E-state index is 0.441. The Hall–Kier alpha value is -2.51. The molecule has 2 aromatic carbocycles. The summed E-state index contributed by atoms with van der Waals surface area (Å²) in [4.78, 5) is 2.81. The van der Waals surface area contributed by atoms with Gasteiger partial charge in [0, 0.05) is 10.6 Å².